The highest BCUT2D eigenvalue weighted by Crippen LogP contribution is 2.42. The summed E-state index contributed by atoms with van der Waals surface area (Å²) in [5, 5.41) is 14.0. The second-order valence-electron chi connectivity index (χ2n) is 8.94. The second-order valence-corrected chi connectivity index (χ2v) is 8.94. The van der Waals surface area contributed by atoms with Crippen molar-refractivity contribution in [3.8, 4) is 11.5 Å². The molecule has 0 radical (unpaired) electrons. The number of ether oxygens (including phenoxy) is 1. The van der Waals surface area contributed by atoms with Crippen molar-refractivity contribution < 1.29 is 14.6 Å². The third kappa shape index (κ3) is 5.43. The predicted octanol–water partition coefficient (Wildman–Crippen LogP) is 5.93. The highest BCUT2D eigenvalue weighted by atomic mass is 16.5. The number of phenolic OH excluding ortho intramolecular Hbond substituents is 1. The van der Waals surface area contributed by atoms with Crippen LogP contribution in [0.5, 0.6) is 11.5 Å². The quantitative estimate of drug-likeness (QED) is 0.401. The summed E-state index contributed by atoms with van der Waals surface area (Å²) in [5.74, 6) is 0.568. The first kappa shape index (κ1) is 21.5. The lowest BCUT2D eigenvalue weighted by Crippen LogP contribution is -2.32. The number of carbonyl (C=O) groups is 1. The van der Waals surface area contributed by atoms with E-state index in [1.807, 2.05) is 18.2 Å². The fourth-order valence-electron chi connectivity index (χ4n) is 3.78. The van der Waals surface area contributed by atoms with E-state index in [2.05, 4.69) is 39.1 Å². The maximum Gasteiger partial charge on any atom is 0.255 e. The van der Waals surface area contributed by atoms with Gasteiger partial charge in [0.1, 0.15) is 17.1 Å². The molecule has 1 aromatic carbocycles. The predicted molar refractivity (Wildman–Crippen MR) is 119 cm³/mol. The summed E-state index contributed by atoms with van der Waals surface area (Å²) in [6.45, 7) is 8.44. The van der Waals surface area contributed by atoms with Gasteiger partial charge in [0, 0.05) is 6.04 Å². The van der Waals surface area contributed by atoms with Crippen LogP contribution in [0.1, 0.15) is 94.1 Å². The first-order valence-electron chi connectivity index (χ1n) is 11.0. The lowest BCUT2D eigenvalue weighted by Gasteiger charge is -2.32. The van der Waals surface area contributed by atoms with E-state index in [9.17, 15) is 9.90 Å². The van der Waals surface area contributed by atoms with Crippen molar-refractivity contribution in [2.75, 3.05) is 0 Å². The number of hydrogen-bond acceptors (Lipinski definition) is 3. The molecule has 2 aliphatic rings. The summed E-state index contributed by atoms with van der Waals surface area (Å²) in [6.07, 6.45) is 14.0. The Morgan fingerprint density at radius 3 is 2.76 bits per heavy atom. The zero-order chi connectivity index (χ0) is 21.0. The maximum atomic E-state index is 12.8. The van der Waals surface area contributed by atoms with Crippen LogP contribution in [0.4, 0.5) is 0 Å². The zero-order valence-corrected chi connectivity index (χ0v) is 18.3. The summed E-state index contributed by atoms with van der Waals surface area (Å²) >= 11 is 0. The fraction of sp³-hybridized carbons (Fsp3) is 0.560. The van der Waals surface area contributed by atoms with Gasteiger partial charge in [-0.15, -0.1) is 0 Å². The van der Waals surface area contributed by atoms with Crippen molar-refractivity contribution in [2.24, 2.45) is 0 Å². The minimum absolute atomic E-state index is 0.0507. The highest BCUT2D eigenvalue weighted by molar-refractivity contribution is 6.00. The van der Waals surface area contributed by atoms with Crippen molar-refractivity contribution in [1.82, 2.24) is 5.32 Å². The number of benzene rings is 1. The summed E-state index contributed by atoms with van der Waals surface area (Å²) in [5.41, 5.74) is 2.81. The van der Waals surface area contributed by atoms with Gasteiger partial charge in [0.15, 0.2) is 0 Å². The standard InChI is InChI=1S/C25H35NO3/c1-5-6-7-10-18-16-21-20(23(27)22(18)24(28)26-19-11-12-19)13-15-25(4,29-21)14-8-9-17(2)3/h9,13,15-16,19,27H,5-8,10-12,14H2,1-4H3,(H,26,28). The molecule has 0 spiro atoms. The van der Waals surface area contributed by atoms with Gasteiger partial charge in [-0.3, -0.25) is 4.79 Å². The first-order valence-corrected chi connectivity index (χ1v) is 11.0. The topological polar surface area (TPSA) is 58.6 Å². The van der Waals surface area contributed by atoms with Gasteiger partial charge in [0.2, 0.25) is 0 Å². The van der Waals surface area contributed by atoms with Crippen LogP contribution in [0.3, 0.4) is 0 Å². The molecular weight excluding hydrogens is 362 g/mol. The Balaban J connectivity index is 1.89. The van der Waals surface area contributed by atoms with Crippen molar-refractivity contribution in [1.29, 1.82) is 0 Å². The van der Waals surface area contributed by atoms with Crippen LogP contribution in [0.15, 0.2) is 23.8 Å². The molecule has 1 amide bonds. The van der Waals surface area contributed by atoms with E-state index in [1.165, 1.54) is 5.57 Å². The molecule has 0 saturated heterocycles. The van der Waals surface area contributed by atoms with Crippen molar-refractivity contribution in [3.63, 3.8) is 0 Å². The Labute approximate surface area is 175 Å². The van der Waals surface area contributed by atoms with E-state index in [4.69, 9.17) is 4.74 Å². The molecule has 1 heterocycles. The molecule has 1 aliphatic heterocycles. The van der Waals surface area contributed by atoms with E-state index in [0.717, 1.165) is 56.9 Å². The summed E-state index contributed by atoms with van der Waals surface area (Å²) < 4.78 is 6.35. The minimum atomic E-state index is -0.413. The molecule has 2 N–H and O–H groups in total. The molecule has 1 aliphatic carbocycles. The smallest absolute Gasteiger partial charge is 0.255 e. The normalized spacial score (nSPS) is 20.0. The van der Waals surface area contributed by atoms with Gasteiger partial charge in [0.25, 0.3) is 5.91 Å². The Hall–Kier alpha value is -2.23. The number of amides is 1. The Bertz CT molecular complexity index is 816. The molecule has 158 valence electrons. The lowest BCUT2D eigenvalue weighted by atomic mass is 9.91. The molecule has 4 heteroatoms. The molecule has 1 saturated carbocycles. The van der Waals surface area contributed by atoms with Gasteiger partial charge in [-0.2, -0.15) is 0 Å². The molecule has 1 unspecified atom stereocenters. The van der Waals surface area contributed by atoms with Crippen LogP contribution < -0.4 is 10.1 Å². The van der Waals surface area contributed by atoms with Crippen LogP contribution in [0.25, 0.3) is 6.08 Å². The van der Waals surface area contributed by atoms with Crippen LogP contribution in [-0.4, -0.2) is 22.7 Å². The van der Waals surface area contributed by atoms with Gasteiger partial charge < -0.3 is 15.2 Å². The van der Waals surface area contributed by atoms with E-state index in [1.54, 1.807) is 0 Å². The summed E-state index contributed by atoms with van der Waals surface area (Å²) in [7, 11) is 0. The summed E-state index contributed by atoms with van der Waals surface area (Å²) in [6, 6.07) is 2.24. The third-order valence-corrected chi connectivity index (χ3v) is 5.71. The van der Waals surface area contributed by atoms with Crippen molar-refractivity contribution in [2.45, 2.75) is 90.7 Å². The van der Waals surface area contributed by atoms with E-state index in [0.29, 0.717) is 16.9 Å². The number of carbonyl (C=O) groups excluding carboxylic acids is 1. The van der Waals surface area contributed by atoms with E-state index >= 15 is 0 Å². The molecule has 0 aromatic heterocycles. The van der Waals surface area contributed by atoms with E-state index in [-0.39, 0.29) is 17.7 Å². The molecule has 1 aromatic rings. The largest absolute Gasteiger partial charge is 0.506 e. The average Bonchev–Trinajstić information content (AvgIpc) is 3.45. The molecule has 1 atom stereocenters. The Morgan fingerprint density at radius 2 is 2.10 bits per heavy atom. The SMILES string of the molecule is CCCCCc1cc2c(c(O)c1C(=O)NC1CC1)C=CC(C)(CCC=C(C)C)O2. The second kappa shape index (κ2) is 9.06. The third-order valence-electron chi connectivity index (χ3n) is 5.71. The van der Waals surface area contributed by atoms with Crippen molar-refractivity contribution >= 4 is 12.0 Å². The number of aromatic hydroxyl groups is 1. The maximum absolute atomic E-state index is 12.8. The number of fused-ring (bicyclic) bond motifs is 1. The number of rotatable bonds is 9. The van der Waals surface area contributed by atoms with E-state index < -0.39 is 5.60 Å². The lowest BCUT2D eigenvalue weighted by molar-refractivity contribution is 0.0946. The number of unbranched alkanes of at least 4 members (excludes halogenated alkanes) is 2. The molecule has 1 fully saturated rings. The number of allylic oxidation sites excluding steroid dienone is 2. The molecule has 0 bridgehead atoms. The minimum Gasteiger partial charge on any atom is -0.506 e. The highest BCUT2D eigenvalue weighted by Gasteiger charge is 2.32. The average molecular weight is 398 g/mol. The molecule has 29 heavy (non-hydrogen) atoms. The first-order chi connectivity index (χ1) is 13.8. The number of hydrogen-bond donors (Lipinski definition) is 2. The Kier molecular flexibility index (Phi) is 6.71. The number of aryl methyl sites for hydroxylation is 1. The number of phenols is 1. The van der Waals surface area contributed by atoms with Gasteiger partial charge in [-0.05, 0) is 83.1 Å². The van der Waals surface area contributed by atoms with Gasteiger partial charge in [-0.25, -0.2) is 0 Å². The van der Waals surface area contributed by atoms with Crippen LogP contribution in [0.2, 0.25) is 0 Å². The van der Waals surface area contributed by atoms with Gasteiger partial charge in [-0.1, -0.05) is 31.4 Å². The number of nitrogens with one attached hydrogen (secondary N) is 1. The van der Waals surface area contributed by atoms with Gasteiger partial charge >= 0.3 is 0 Å². The zero-order valence-electron chi connectivity index (χ0n) is 18.3. The van der Waals surface area contributed by atoms with Crippen LogP contribution in [0, 0.1) is 0 Å². The molecule has 3 rings (SSSR count). The molecule has 4 nitrogen and oxygen atoms in total. The fourth-order valence-corrected chi connectivity index (χ4v) is 3.78. The van der Waals surface area contributed by atoms with Crippen LogP contribution >= 0.6 is 0 Å². The monoisotopic (exact) mass is 397 g/mol. The summed E-state index contributed by atoms with van der Waals surface area (Å²) in [4.78, 5) is 12.8. The van der Waals surface area contributed by atoms with Crippen LogP contribution in [-0.2, 0) is 6.42 Å². The van der Waals surface area contributed by atoms with Gasteiger partial charge in [0.05, 0.1) is 11.1 Å². The molecular formula is C25H35NO3. The Morgan fingerprint density at radius 1 is 1.34 bits per heavy atom. The van der Waals surface area contributed by atoms with Crippen molar-refractivity contribution in [3.05, 3.63) is 40.5 Å².